The van der Waals surface area contributed by atoms with Crippen LogP contribution in [-0.4, -0.2) is 33.7 Å². The molecule has 0 bridgehead atoms. The smallest absolute Gasteiger partial charge is 0.255 e. The number of aromatic nitrogens is 3. The molecule has 1 aliphatic heterocycles. The van der Waals surface area contributed by atoms with Crippen molar-refractivity contribution >= 4 is 5.95 Å². The van der Waals surface area contributed by atoms with Gasteiger partial charge in [-0.25, -0.2) is 4.98 Å². The maximum Gasteiger partial charge on any atom is 0.255 e. The molecule has 2 aromatic rings. The number of rotatable bonds is 2. The van der Waals surface area contributed by atoms with Gasteiger partial charge in [-0.1, -0.05) is 0 Å². The van der Waals surface area contributed by atoms with Gasteiger partial charge in [0, 0.05) is 50.2 Å². The zero-order chi connectivity index (χ0) is 14.1. The minimum Gasteiger partial charge on any atom is -0.341 e. The van der Waals surface area contributed by atoms with Crippen LogP contribution in [0.4, 0.5) is 5.95 Å². The van der Waals surface area contributed by atoms with E-state index in [-0.39, 0.29) is 11.6 Å². The van der Waals surface area contributed by atoms with Crippen LogP contribution in [0.25, 0.3) is 11.3 Å². The average Bonchev–Trinajstić information content (AvgIpc) is 2.89. The van der Waals surface area contributed by atoms with E-state index in [0.29, 0.717) is 11.6 Å². The van der Waals surface area contributed by atoms with E-state index in [9.17, 15) is 4.79 Å². The van der Waals surface area contributed by atoms with Crippen LogP contribution in [0.1, 0.15) is 6.42 Å². The molecule has 1 fully saturated rings. The Labute approximate surface area is 116 Å². The van der Waals surface area contributed by atoms with Crippen LogP contribution in [0.2, 0.25) is 0 Å². The molecule has 2 N–H and O–H groups in total. The molecule has 0 aromatic carbocycles. The van der Waals surface area contributed by atoms with Crippen LogP contribution in [0.5, 0.6) is 0 Å². The summed E-state index contributed by atoms with van der Waals surface area (Å²) in [5, 5.41) is 0. The van der Waals surface area contributed by atoms with Gasteiger partial charge in [0.05, 0.1) is 5.69 Å². The number of hydrogen-bond donors (Lipinski definition) is 1. The fraction of sp³-hybridized carbons (Fsp3) is 0.357. The van der Waals surface area contributed by atoms with Gasteiger partial charge in [-0.3, -0.25) is 14.3 Å². The van der Waals surface area contributed by atoms with Crippen molar-refractivity contribution in [3.8, 4) is 11.3 Å². The highest BCUT2D eigenvalue weighted by Crippen LogP contribution is 2.20. The van der Waals surface area contributed by atoms with E-state index in [0.717, 1.165) is 25.1 Å². The normalized spacial score (nSPS) is 18.5. The fourth-order valence-corrected chi connectivity index (χ4v) is 2.45. The fourth-order valence-electron chi connectivity index (χ4n) is 2.45. The van der Waals surface area contributed by atoms with Crippen LogP contribution >= 0.6 is 0 Å². The summed E-state index contributed by atoms with van der Waals surface area (Å²) in [5.74, 6) is 0.678. The molecular formula is C14H17N5O. The highest BCUT2D eigenvalue weighted by molar-refractivity contribution is 5.59. The summed E-state index contributed by atoms with van der Waals surface area (Å²) in [5.41, 5.74) is 7.43. The van der Waals surface area contributed by atoms with E-state index in [1.807, 2.05) is 12.1 Å². The Kier molecular flexibility index (Phi) is 3.23. The van der Waals surface area contributed by atoms with Gasteiger partial charge in [0.15, 0.2) is 0 Å². The lowest BCUT2D eigenvalue weighted by molar-refractivity contribution is 0.737. The Balaban J connectivity index is 2.06. The molecule has 0 saturated carbocycles. The minimum atomic E-state index is -0.0673. The van der Waals surface area contributed by atoms with Crippen molar-refractivity contribution in [3.05, 3.63) is 40.9 Å². The van der Waals surface area contributed by atoms with Crippen LogP contribution in [0, 0.1) is 0 Å². The van der Waals surface area contributed by atoms with Crippen molar-refractivity contribution in [1.29, 1.82) is 0 Å². The van der Waals surface area contributed by atoms with Crippen LogP contribution < -0.4 is 16.2 Å². The molecule has 20 heavy (non-hydrogen) atoms. The first kappa shape index (κ1) is 12.8. The molecule has 3 rings (SSSR count). The third-order valence-electron chi connectivity index (χ3n) is 3.59. The van der Waals surface area contributed by atoms with E-state index < -0.39 is 0 Å². The Morgan fingerprint density at radius 1 is 1.35 bits per heavy atom. The third kappa shape index (κ3) is 2.30. The van der Waals surface area contributed by atoms with Gasteiger partial charge in [0.25, 0.3) is 5.56 Å². The maximum atomic E-state index is 12.1. The van der Waals surface area contributed by atoms with E-state index >= 15 is 0 Å². The van der Waals surface area contributed by atoms with E-state index in [2.05, 4.69) is 14.9 Å². The Morgan fingerprint density at radius 3 is 2.75 bits per heavy atom. The Bertz CT molecular complexity index is 667. The van der Waals surface area contributed by atoms with Crippen molar-refractivity contribution in [2.45, 2.75) is 12.5 Å². The van der Waals surface area contributed by atoms with Crippen molar-refractivity contribution < 1.29 is 0 Å². The monoisotopic (exact) mass is 271 g/mol. The zero-order valence-electron chi connectivity index (χ0n) is 11.4. The standard InChI is InChI=1S/C14H17N5O/c1-18-13(20)8-12(10-2-5-16-6-3-10)17-14(18)19-7-4-11(15)9-19/h2-3,5-6,8,11H,4,7,9,15H2,1H3. The first-order chi connectivity index (χ1) is 9.65. The molecule has 0 aliphatic carbocycles. The molecule has 1 atom stereocenters. The van der Waals surface area contributed by atoms with Crippen molar-refractivity contribution in [2.75, 3.05) is 18.0 Å². The van der Waals surface area contributed by atoms with Gasteiger partial charge < -0.3 is 10.6 Å². The highest BCUT2D eigenvalue weighted by Gasteiger charge is 2.23. The van der Waals surface area contributed by atoms with Gasteiger partial charge >= 0.3 is 0 Å². The van der Waals surface area contributed by atoms with Crippen molar-refractivity contribution in [1.82, 2.24) is 14.5 Å². The van der Waals surface area contributed by atoms with Gasteiger partial charge in [0.2, 0.25) is 5.95 Å². The van der Waals surface area contributed by atoms with Crippen LogP contribution in [0.15, 0.2) is 35.4 Å². The Hall–Kier alpha value is -2.21. The number of anilines is 1. The number of hydrogen-bond acceptors (Lipinski definition) is 5. The number of pyridine rings is 1. The predicted molar refractivity (Wildman–Crippen MR) is 77.5 cm³/mol. The molecule has 104 valence electrons. The molecule has 6 nitrogen and oxygen atoms in total. The largest absolute Gasteiger partial charge is 0.341 e. The summed E-state index contributed by atoms with van der Waals surface area (Å²) in [6.07, 6.45) is 4.31. The van der Waals surface area contributed by atoms with Gasteiger partial charge in [0.1, 0.15) is 0 Å². The lowest BCUT2D eigenvalue weighted by Crippen LogP contribution is -2.32. The summed E-state index contributed by atoms with van der Waals surface area (Å²) in [6, 6.07) is 5.40. The Morgan fingerprint density at radius 2 is 2.10 bits per heavy atom. The van der Waals surface area contributed by atoms with E-state index in [1.54, 1.807) is 30.1 Å². The summed E-state index contributed by atoms with van der Waals surface area (Å²) in [4.78, 5) is 22.8. The minimum absolute atomic E-state index is 0.0673. The number of nitrogens with two attached hydrogens (primary N) is 1. The molecule has 1 unspecified atom stereocenters. The molecule has 6 heteroatoms. The molecule has 1 saturated heterocycles. The molecular weight excluding hydrogens is 254 g/mol. The highest BCUT2D eigenvalue weighted by atomic mass is 16.1. The molecule has 0 spiro atoms. The summed E-state index contributed by atoms with van der Waals surface area (Å²) in [6.45, 7) is 1.57. The molecule has 0 amide bonds. The van der Waals surface area contributed by atoms with Gasteiger partial charge in [-0.05, 0) is 18.6 Å². The SMILES string of the molecule is Cn1c(N2CCC(N)C2)nc(-c2ccncc2)cc1=O. The van der Waals surface area contributed by atoms with E-state index in [1.165, 1.54) is 0 Å². The third-order valence-corrected chi connectivity index (χ3v) is 3.59. The first-order valence-electron chi connectivity index (χ1n) is 6.64. The molecule has 3 heterocycles. The van der Waals surface area contributed by atoms with Gasteiger partial charge in [-0.2, -0.15) is 0 Å². The first-order valence-corrected chi connectivity index (χ1v) is 6.64. The second-order valence-electron chi connectivity index (χ2n) is 5.07. The summed E-state index contributed by atoms with van der Waals surface area (Å²) in [7, 11) is 1.74. The van der Waals surface area contributed by atoms with Crippen molar-refractivity contribution in [2.24, 2.45) is 12.8 Å². The van der Waals surface area contributed by atoms with Crippen LogP contribution in [0.3, 0.4) is 0 Å². The van der Waals surface area contributed by atoms with E-state index in [4.69, 9.17) is 5.73 Å². The second kappa shape index (κ2) is 5.05. The zero-order valence-corrected chi connectivity index (χ0v) is 11.4. The maximum absolute atomic E-state index is 12.1. The lowest BCUT2D eigenvalue weighted by Gasteiger charge is -2.20. The predicted octanol–water partition coefficient (Wildman–Crippen LogP) is 0.380. The summed E-state index contributed by atoms with van der Waals surface area (Å²) < 4.78 is 1.57. The average molecular weight is 271 g/mol. The topological polar surface area (TPSA) is 77.0 Å². The lowest BCUT2D eigenvalue weighted by atomic mass is 10.2. The molecule has 0 radical (unpaired) electrons. The van der Waals surface area contributed by atoms with Crippen molar-refractivity contribution in [3.63, 3.8) is 0 Å². The van der Waals surface area contributed by atoms with Gasteiger partial charge in [-0.15, -0.1) is 0 Å². The molecule has 2 aromatic heterocycles. The second-order valence-corrected chi connectivity index (χ2v) is 5.07. The quantitative estimate of drug-likeness (QED) is 0.854. The number of nitrogens with zero attached hydrogens (tertiary/aromatic N) is 4. The molecule has 1 aliphatic rings. The summed E-state index contributed by atoms with van der Waals surface area (Å²) >= 11 is 0. The van der Waals surface area contributed by atoms with Crippen LogP contribution in [-0.2, 0) is 7.05 Å².